The Hall–Kier alpha value is -1.67. The van der Waals surface area contributed by atoms with Crippen molar-refractivity contribution in [3.05, 3.63) is 0 Å². The van der Waals surface area contributed by atoms with Crippen LogP contribution >= 0.6 is 0 Å². The molecule has 0 spiro atoms. The molecular weight excluding hydrogens is 240 g/mol. The van der Waals surface area contributed by atoms with Crippen LogP contribution in [0.2, 0.25) is 0 Å². The summed E-state index contributed by atoms with van der Waals surface area (Å²) in [5, 5.41) is 8.33. The van der Waals surface area contributed by atoms with Crippen molar-refractivity contribution in [3.63, 3.8) is 0 Å². The fourth-order valence-electron chi connectivity index (χ4n) is 0.878. The Morgan fingerprint density at radius 1 is 1.00 bits per heavy atom. The van der Waals surface area contributed by atoms with E-state index < -0.39 is 23.8 Å². The zero-order valence-electron chi connectivity index (χ0n) is 10.3. The molecule has 0 aromatic heterocycles. The lowest BCUT2D eigenvalue weighted by Gasteiger charge is -2.03. The van der Waals surface area contributed by atoms with Crippen LogP contribution in [0.15, 0.2) is 0 Å². The number of carbonyl (C=O) groups excluding carboxylic acids is 2. The summed E-state index contributed by atoms with van der Waals surface area (Å²) in [7, 11) is 0. The Bertz CT molecular complexity index is 257. The smallest absolute Gasteiger partial charge is 0.320 e. The third kappa shape index (κ3) is 16.7. The Balaban J connectivity index is 0. The maximum absolute atomic E-state index is 10.1. The van der Waals surface area contributed by atoms with Gasteiger partial charge in [0.25, 0.3) is 0 Å². The number of hydrogen-bond acceptors (Lipinski definition) is 5. The molecule has 0 fully saturated rings. The van der Waals surface area contributed by atoms with Gasteiger partial charge in [0, 0.05) is 12.8 Å². The molecule has 1 atom stereocenters. The summed E-state index contributed by atoms with van der Waals surface area (Å²) in [6.45, 7) is 0.604. The largest absolute Gasteiger partial charge is 0.480 e. The molecule has 18 heavy (non-hydrogen) atoms. The van der Waals surface area contributed by atoms with Crippen molar-refractivity contribution in [1.29, 1.82) is 0 Å². The molecule has 2 amide bonds. The molecule has 0 rings (SSSR count). The van der Waals surface area contributed by atoms with Crippen molar-refractivity contribution in [2.24, 2.45) is 22.9 Å². The summed E-state index contributed by atoms with van der Waals surface area (Å²) in [5.41, 5.74) is 19.8. The number of aliphatic carboxylic acids is 1. The SMILES string of the molecule is NC(=O)CCC(N)=O.NCCCCC(N)C(=O)O. The van der Waals surface area contributed by atoms with Crippen LogP contribution in [0, 0.1) is 0 Å². The van der Waals surface area contributed by atoms with Crippen LogP contribution in [0.1, 0.15) is 32.1 Å². The van der Waals surface area contributed by atoms with E-state index in [1.165, 1.54) is 0 Å². The van der Waals surface area contributed by atoms with Crippen LogP contribution in [-0.2, 0) is 14.4 Å². The van der Waals surface area contributed by atoms with E-state index in [9.17, 15) is 14.4 Å². The minimum Gasteiger partial charge on any atom is -0.480 e. The lowest BCUT2D eigenvalue weighted by Crippen LogP contribution is -2.29. The number of amides is 2. The third-order valence-corrected chi connectivity index (χ3v) is 1.90. The van der Waals surface area contributed by atoms with Gasteiger partial charge in [0.05, 0.1) is 0 Å². The Kier molecular flexibility index (Phi) is 12.3. The van der Waals surface area contributed by atoms with Crippen LogP contribution < -0.4 is 22.9 Å². The number of carboxylic acids is 1. The van der Waals surface area contributed by atoms with Crippen LogP contribution in [0.4, 0.5) is 0 Å². The first-order valence-corrected chi connectivity index (χ1v) is 5.56. The fourth-order valence-corrected chi connectivity index (χ4v) is 0.878. The lowest BCUT2D eigenvalue weighted by atomic mass is 10.1. The first kappa shape index (κ1) is 18.7. The molecule has 0 aromatic rings. The highest BCUT2D eigenvalue weighted by Gasteiger charge is 2.09. The second-order valence-electron chi connectivity index (χ2n) is 3.66. The first-order chi connectivity index (χ1) is 8.31. The average molecular weight is 262 g/mol. The quantitative estimate of drug-likeness (QED) is 0.324. The summed E-state index contributed by atoms with van der Waals surface area (Å²) in [4.78, 5) is 30.0. The van der Waals surface area contributed by atoms with Crippen LogP contribution in [0.3, 0.4) is 0 Å². The number of unbranched alkanes of at least 4 members (excludes halogenated alkanes) is 1. The van der Waals surface area contributed by atoms with E-state index in [2.05, 4.69) is 0 Å². The van der Waals surface area contributed by atoms with Gasteiger partial charge in [-0.25, -0.2) is 0 Å². The van der Waals surface area contributed by atoms with Crippen molar-refractivity contribution >= 4 is 17.8 Å². The van der Waals surface area contributed by atoms with Gasteiger partial charge in [0.1, 0.15) is 6.04 Å². The second kappa shape index (κ2) is 11.8. The van der Waals surface area contributed by atoms with Gasteiger partial charge in [-0.3, -0.25) is 14.4 Å². The highest BCUT2D eigenvalue weighted by Crippen LogP contribution is 1.96. The molecule has 0 heterocycles. The van der Waals surface area contributed by atoms with E-state index in [0.29, 0.717) is 13.0 Å². The van der Waals surface area contributed by atoms with Crippen molar-refractivity contribution in [1.82, 2.24) is 0 Å². The predicted octanol–water partition coefficient (Wildman–Crippen LogP) is -1.74. The van der Waals surface area contributed by atoms with Gasteiger partial charge >= 0.3 is 5.97 Å². The van der Waals surface area contributed by atoms with Gasteiger partial charge in [-0.1, -0.05) is 6.42 Å². The van der Waals surface area contributed by atoms with Crippen molar-refractivity contribution < 1.29 is 19.5 Å². The molecular formula is C10H22N4O4. The maximum Gasteiger partial charge on any atom is 0.320 e. The number of nitrogens with two attached hydrogens (primary N) is 4. The van der Waals surface area contributed by atoms with Gasteiger partial charge < -0.3 is 28.0 Å². The topological polar surface area (TPSA) is 176 Å². The summed E-state index contributed by atoms with van der Waals surface area (Å²) in [6, 6.07) is -0.716. The average Bonchev–Trinajstić information content (AvgIpc) is 2.27. The number of primary amides is 2. The lowest BCUT2D eigenvalue weighted by molar-refractivity contribution is -0.138. The molecule has 0 aliphatic carbocycles. The minimum atomic E-state index is -0.933. The molecule has 0 saturated carbocycles. The molecule has 106 valence electrons. The molecule has 0 aliphatic rings. The number of hydrogen-bond donors (Lipinski definition) is 5. The fraction of sp³-hybridized carbons (Fsp3) is 0.700. The molecule has 0 aliphatic heterocycles. The zero-order chi connectivity index (χ0) is 14.6. The number of carboxylic acid groups (broad SMARTS) is 1. The number of carbonyl (C=O) groups is 3. The van der Waals surface area contributed by atoms with E-state index in [0.717, 1.165) is 12.8 Å². The van der Waals surface area contributed by atoms with Crippen molar-refractivity contribution in [2.75, 3.05) is 6.54 Å². The Labute approximate surface area is 106 Å². The molecule has 9 N–H and O–H groups in total. The third-order valence-electron chi connectivity index (χ3n) is 1.90. The highest BCUT2D eigenvalue weighted by molar-refractivity contribution is 5.81. The molecule has 0 bridgehead atoms. The van der Waals surface area contributed by atoms with E-state index in [1.807, 2.05) is 0 Å². The Morgan fingerprint density at radius 3 is 1.72 bits per heavy atom. The van der Waals surface area contributed by atoms with Gasteiger partial charge in [-0.05, 0) is 19.4 Å². The van der Waals surface area contributed by atoms with Crippen molar-refractivity contribution in [2.45, 2.75) is 38.1 Å². The zero-order valence-corrected chi connectivity index (χ0v) is 10.3. The summed E-state index contributed by atoms with van der Waals surface area (Å²) in [6.07, 6.45) is 2.27. The van der Waals surface area contributed by atoms with Gasteiger partial charge in [0.15, 0.2) is 0 Å². The van der Waals surface area contributed by atoms with E-state index in [1.54, 1.807) is 0 Å². The predicted molar refractivity (Wildman–Crippen MR) is 66.1 cm³/mol. The van der Waals surface area contributed by atoms with Gasteiger partial charge in [0.2, 0.25) is 11.8 Å². The van der Waals surface area contributed by atoms with E-state index >= 15 is 0 Å². The molecule has 0 saturated heterocycles. The summed E-state index contributed by atoms with van der Waals surface area (Å²) in [5.74, 6) is -1.93. The van der Waals surface area contributed by atoms with Gasteiger partial charge in [-0.15, -0.1) is 0 Å². The van der Waals surface area contributed by atoms with E-state index in [4.69, 9.17) is 28.0 Å². The molecule has 0 radical (unpaired) electrons. The van der Waals surface area contributed by atoms with Gasteiger partial charge in [-0.2, -0.15) is 0 Å². The second-order valence-corrected chi connectivity index (χ2v) is 3.66. The maximum atomic E-state index is 10.1. The monoisotopic (exact) mass is 262 g/mol. The van der Waals surface area contributed by atoms with E-state index in [-0.39, 0.29) is 12.8 Å². The minimum absolute atomic E-state index is 0.0509. The summed E-state index contributed by atoms with van der Waals surface area (Å²) >= 11 is 0. The molecule has 1 unspecified atom stereocenters. The normalized spacial score (nSPS) is 11.0. The standard InChI is InChI=1S/C6H14N2O2.C4H8N2O2/c7-4-2-1-3-5(8)6(9)10;5-3(7)1-2-4(6)8/h5H,1-4,7-8H2,(H,9,10);1-2H2,(H2,5,7)(H2,6,8). The molecule has 8 heteroatoms. The molecule has 0 aromatic carbocycles. The van der Waals surface area contributed by atoms with Crippen LogP contribution in [0.5, 0.6) is 0 Å². The first-order valence-electron chi connectivity index (χ1n) is 5.56. The van der Waals surface area contributed by atoms with Crippen LogP contribution in [-0.4, -0.2) is 35.5 Å². The van der Waals surface area contributed by atoms with Crippen LogP contribution in [0.25, 0.3) is 0 Å². The number of rotatable bonds is 8. The highest BCUT2D eigenvalue weighted by atomic mass is 16.4. The molecule has 8 nitrogen and oxygen atoms in total. The van der Waals surface area contributed by atoms with Crippen molar-refractivity contribution in [3.8, 4) is 0 Å². The summed E-state index contributed by atoms with van der Waals surface area (Å²) < 4.78 is 0. The Morgan fingerprint density at radius 2 is 1.44 bits per heavy atom.